The Bertz CT molecular complexity index is 202. The van der Waals surface area contributed by atoms with Crippen LogP contribution in [0.25, 0.3) is 0 Å². The predicted molar refractivity (Wildman–Crippen MR) is 54.1 cm³/mol. The predicted octanol–water partition coefficient (Wildman–Crippen LogP) is -0.425. The molecule has 1 radical (unpaired) electrons. The summed E-state index contributed by atoms with van der Waals surface area (Å²) >= 11 is 0. The molecule has 0 aromatic carbocycles. The Kier molecular flexibility index (Phi) is 3.37. The summed E-state index contributed by atoms with van der Waals surface area (Å²) < 4.78 is 0. The lowest BCUT2D eigenvalue weighted by atomic mass is 10.0. The molecule has 2 saturated heterocycles. The number of nitrogens with one attached hydrogen (secondary N) is 1. The van der Waals surface area contributed by atoms with Crippen LogP contribution in [0.15, 0.2) is 0 Å². The van der Waals surface area contributed by atoms with Crippen LogP contribution >= 0.6 is 0 Å². The van der Waals surface area contributed by atoms with E-state index in [1.807, 2.05) is 0 Å². The van der Waals surface area contributed by atoms with E-state index in [1.54, 1.807) is 0 Å². The average Bonchev–Trinajstić information content (AvgIpc) is 2.44. The van der Waals surface area contributed by atoms with Crippen LogP contribution in [0.1, 0.15) is 19.3 Å². The van der Waals surface area contributed by atoms with Crippen molar-refractivity contribution >= 4 is 5.91 Å². The molecule has 4 nitrogen and oxygen atoms in total. The normalized spacial score (nSPS) is 27.0. The van der Waals surface area contributed by atoms with Crippen molar-refractivity contribution in [3.63, 3.8) is 0 Å². The Balaban J connectivity index is 1.86. The molecule has 0 aromatic rings. The van der Waals surface area contributed by atoms with Crippen LogP contribution in [0.5, 0.6) is 0 Å². The van der Waals surface area contributed by atoms with Crippen molar-refractivity contribution in [2.24, 2.45) is 0 Å². The number of rotatable bonds is 1. The van der Waals surface area contributed by atoms with Crippen LogP contribution in [0.3, 0.4) is 0 Å². The summed E-state index contributed by atoms with van der Waals surface area (Å²) in [6.45, 7) is 4.75. The lowest BCUT2D eigenvalue weighted by Gasteiger charge is -2.32. The minimum atomic E-state index is 0.202. The highest BCUT2D eigenvalue weighted by Gasteiger charge is 2.23. The first-order chi connectivity index (χ1) is 6.86. The summed E-state index contributed by atoms with van der Waals surface area (Å²) in [5.74, 6) is 0.202. The molecule has 0 saturated carbocycles. The first-order valence-corrected chi connectivity index (χ1v) is 5.50. The molecule has 2 aliphatic heterocycles. The smallest absolute Gasteiger partial charge is 0.221 e. The van der Waals surface area contributed by atoms with E-state index in [0.717, 1.165) is 32.7 Å². The molecular formula is C10H18N3O. The number of amides is 1. The van der Waals surface area contributed by atoms with Crippen molar-refractivity contribution < 1.29 is 4.79 Å². The van der Waals surface area contributed by atoms with Crippen molar-refractivity contribution in [2.75, 3.05) is 32.7 Å². The number of piperidine rings is 1. The maximum absolute atomic E-state index is 11.2. The Labute approximate surface area is 85.0 Å². The van der Waals surface area contributed by atoms with Gasteiger partial charge in [0.15, 0.2) is 0 Å². The van der Waals surface area contributed by atoms with E-state index in [2.05, 4.69) is 15.5 Å². The molecule has 79 valence electrons. The molecule has 2 fully saturated rings. The SMILES string of the molecule is O=C1CCN(C2CC[N]CC2)CCN1. The molecule has 0 unspecified atom stereocenters. The lowest BCUT2D eigenvalue weighted by Crippen LogP contribution is -2.42. The first kappa shape index (κ1) is 9.93. The van der Waals surface area contributed by atoms with Crippen molar-refractivity contribution in [1.82, 2.24) is 15.5 Å². The molecular weight excluding hydrogens is 178 g/mol. The number of hydrogen-bond donors (Lipinski definition) is 1. The van der Waals surface area contributed by atoms with Gasteiger partial charge in [-0.1, -0.05) is 0 Å². The van der Waals surface area contributed by atoms with E-state index in [9.17, 15) is 4.79 Å². The van der Waals surface area contributed by atoms with Gasteiger partial charge < -0.3 is 5.32 Å². The van der Waals surface area contributed by atoms with Gasteiger partial charge in [-0.25, -0.2) is 5.32 Å². The van der Waals surface area contributed by atoms with Crippen molar-refractivity contribution in [2.45, 2.75) is 25.3 Å². The molecule has 0 atom stereocenters. The maximum atomic E-state index is 11.2. The number of nitrogens with zero attached hydrogens (tertiary/aromatic N) is 2. The molecule has 2 rings (SSSR count). The molecule has 1 N–H and O–H groups in total. The Morgan fingerprint density at radius 1 is 1.29 bits per heavy atom. The standard InChI is InChI=1S/C10H18N3O/c14-10-3-7-13(8-6-12-10)9-1-4-11-5-2-9/h9H,1-8H2,(H,12,14). The van der Waals surface area contributed by atoms with Gasteiger partial charge in [0.25, 0.3) is 0 Å². The van der Waals surface area contributed by atoms with Gasteiger partial charge >= 0.3 is 0 Å². The second-order valence-corrected chi connectivity index (χ2v) is 4.04. The molecule has 0 aliphatic carbocycles. The van der Waals surface area contributed by atoms with Gasteiger partial charge in [-0.15, -0.1) is 0 Å². The highest BCUT2D eigenvalue weighted by molar-refractivity contribution is 5.76. The van der Waals surface area contributed by atoms with Crippen molar-refractivity contribution in [1.29, 1.82) is 0 Å². The summed E-state index contributed by atoms with van der Waals surface area (Å²) in [5, 5.41) is 7.26. The molecule has 0 bridgehead atoms. The van der Waals surface area contributed by atoms with Crippen molar-refractivity contribution in [3.8, 4) is 0 Å². The molecule has 0 spiro atoms. The summed E-state index contributed by atoms with van der Waals surface area (Å²) in [6.07, 6.45) is 3.01. The Morgan fingerprint density at radius 2 is 2.07 bits per heavy atom. The largest absolute Gasteiger partial charge is 0.355 e. The fraction of sp³-hybridized carbons (Fsp3) is 0.900. The third kappa shape index (κ3) is 2.45. The summed E-state index contributed by atoms with van der Waals surface area (Å²) in [4.78, 5) is 13.6. The number of carbonyl (C=O) groups is 1. The third-order valence-electron chi connectivity index (χ3n) is 3.10. The van der Waals surface area contributed by atoms with Gasteiger partial charge in [-0.3, -0.25) is 9.69 Å². The van der Waals surface area contributed by atoms with E-state index in [-0.39, 0.29) is 5.91 Å². The second-order valence-electron chi connectivity index (χ2n) is 4.04. The highest BCUT2D eigenvalue weighted by atomic mass is 16.1. The zero-order valence-corrected chi connectivity index (χ0v) is 8.54. The average molecular weight is 196 g/mol. The minimum absolute atomic E-state index is 0.202. The maximum Gasteiger partial charge on any atom is 0.221 e. The van der Waals surface area contributed by atoms with Crippen molar-refractivity contribution in [3.05, 3.63) is 0 Å². The van der Waals surface area contributed by atoms with E-state index in [0.29, 0.717) is 12.5 Å². The summed E-state index contributed by atoms with van der Waals surface area (Å²) in [6, 6.07) is 0.667. The minimum Gasteiger partial charge on any atom is -0.355 e. The molecule has 0 aromatic heterocycles. The monoisotopic (exact) mass is 196 g/mol. The van der Waals surface area contributed by atoms with Crippen LogP contribution in [-0.2, 0) is 4.79 Å². The zero-order valence-electron chi connectivity index (χ0n) is 8.54. The van der Waals surface area contributed by atoms with Crippen LogP contribution in [0.2, 0.25) is 0 Å². The molecule has 4 heteroatoms. The first-order valence-electron chi connectivity index (χ1n) is 5.50. The van der Waals surface area contributed by atoms with Crippen LogP contribution < -0.4 is 10.6 Å². The third-order valence-corrected chi connectivity index (χ3v) is 3.10. The van der Waals surface area contributed by atoms with E-state index < -0.39 is 0 Å². The van der Waals surface area contributed by atoms with Crippen LogP contribution in [-0.4, -0.2) is 49.6 Å². The van der Waals surface area contributed by atoms with E-state index in [4.69, 9.17) is 0 Å². The van der Waals surface area contributed by atoms with Crippen LogP contribution in [0.4, 0.5) is 0 Å². The highest BCUT2D eigenvalue weighted by Crippen LogP contribution is 2.13. The Morgan fingerprint density at radius 3 is 2.86 bits per heavy atom. The summed E-state index contributed by atoms with van der Waals surface area (Å²) in [7, 11) is 0. The van der Waals surface area contributed by atoms with Gasteiger partial charge in [0.1, 0.15) is 0 Å². The molecule has 2 heterocycles. The van der Waals surface area contributed by atoms with Gasteiger partial charge in [0, 0.05) is 45.2 Å². The van der Waals surface area contributed by atoms with E-state index in [1.165, 1.54) is 12.8 Å². The number of carbonyl (C=O) groups excluding carboxylic acids is 1. The van der Waals surface area contributed by atoms with Gasteiger partial charge in [-0.05, 0) is 12.8 Å². The van der Waals surface area contributed by atoms with Gasteiger partial charge in [-0.2, -0.15) is 0 Å². The fourth-order valence-electron chi connectivity index (χ4n) is 2.25. The van der Waals surface area contributed by atoms with Gasteiger partial charge in [0.05, 0.1) is 0 Å². The van der Waals surface area contributed by atoms with Crippen LogP contribution in [0, 0.1) is 0 Å². The number of hydrogen-bond acceptors (Lipinski definition) is 2. The van der Waals surface area contributed by atoms with Gasteiger partial charge in [0.2, 0.25) is 5.91 Å². The second kappa shape index (κ2) is 4.75. The van der Waals surface area contributed by atoms with E-state index >= 15 is 0 Å². The lowest BCUT2D eigenvalue weighted by molar-refractivity contribution is -0.120. The quantitative estimate of drug-likeness (QED) is 0.619. The molecule has 2 aliphatic rings. The Hall–Kier alpha value is -0.610. The zero-order chi connectivity index (χ0) is 9.80. The topological polar surface area (TPSA) is 46.4 Å². The fourth-order valence-corrected chi connectivity index (χ4v) is 2.25. The molecule has 14 heavy (non-hydrogen) atoms. The summed E-state index contributed by atoms with van der Waals surface area (Å²) in [5.41, 5.74) is 0. The molecule has 1 amide bonds.